The molecule has 0 N–H and O–H groups in total. The van der Waals surface area contributed by atoms with Gasteiger partial charge in [-0.1, -0.05) is 11.6 Å². The highest BCUT2D eigenvalue weighted by Gasteiger charge is 2.21. The quantitative estimate of drug-likeness (QED) is 0.655. The van der Waals surface area contributed by atoms with Gasteiger partial charge in [-0.15, -0.1) is 0 Å². The Hall–Kier alpha value is -2.75. The number of hydrogen-bond donors (Lipinski definition) is 0. The van der Waals surface area contributed by atoms with Crippen LogP contribution in [-0.2, 0) is 0 Å². The molecular formula is C22H21FN2O. The van der Waals surface area contributed by atoms with Crippen molar-refractivity contribution < 1.29 is 9.18 Å². The van der Waals surface area contributed by atoms with Gasteiger partial charge in [0.2, 0.25) is 0 Å². The van der Waals surface area contributed by atoms with Crippen molar-refractivity contribution in [3.63, 3.8) is 0 Å². The lowest BCUT2D eigenvalue weighted by atomic mass is 10.0. The monoisotopic (exact) mass is 348 g/mol. The minimum atomic E-state index is -0.283. The highest BCUT2D eigenvalue weighted by Crippen LogP contribution is 2.27. The van der Waals surface area contributed by atoms with E-state index in [1.165, 1.54) is 18.6 Å². The molecule has 1 fully saturated rings. The third kappa shape index (κ3) is 3.19. The van der Waals surface area contributed by atoms with Crippen molar-refractivity contribution in [2.75, 3.05) is 13.1 Å². The van der Waals surface area contributed by atoms with Crippen molar-refractivity contribution in [3.05, 3.63) is 65.5 Å². The summed E-state index contributed by atoms with van der Waals surface area (Å²) in [6.45, 7) is 3.63. The van der Waals surface area contributed by atoms with Crippen LogP contribution in [0.4, 0.5) is 4.39 Å². The number of carbonyl (C=O) groups excluding carboxylic acids is 1. The molecule has 26 heavy (non-hydrogen) atoms. The molecule has 4 rings (SSSR count). The normalized spacial score (nSPS) is 14.6. The van der Waals surface area contributed by atoms with Crippen LogP contribution in [0, 0.1) is 12.7 Å². The SMILES string of the molecule is Cc1ccc2nc(-c3ccc(F)cc3)cc(C(=O)N3CCCCC3)c2c1. The molecule has 1 saturated heterocycles. The molecule has 0 aliphatic carbocycles. The second-order valence-electron chi connectivity index (χ2n) is 6.94. The van der Waals surface area contributed by atoms with Crippen molar-refractivity contribution >= 4 is 16.8 Å². The highest BCUT2D eigenvalue weighted by molar-refractivity contribution is 6.07. The number of pyridine rings is 1. The number of hydrogen-bond acceptors (Lipinski definition) is 2. The van der Waals surface area contributed by atoms with E-state index in [1.807, 2.05) is 36.1 Å². The van der Waals surface area contributed by atoms with Crippen LogP contribution < -0.4 is 0 Å². The van der Waals surface area contributed by atoms with Crippen molar-refractivity contribution in [1.82, 2.24) is 9.88 Å². The van der Waals surface area contributed by atoms with Gasteiger partial charge in [0, 0.05) is 24.0 Å². The lowest BCUT2D eigenvalue weighted by molar-refractivity contribution is 0.0726. The fourth-order valence-corrected chi connectivity index (χ4v) is 3.55. The van der Waals surface area contributed by atoms with Crippen LogP contribution in [0.25, 0.3) is 22.2 Å². The van der Waals surface area contributed by atoms with E-state index in [2.05, 4.69) is 0 Å². The molecule has 2 heterocycles. The lowest BCUT2D eigenvalue weighted by Gasteiger charge is -2.27. The number of nitrogens with zero attached hydrogens (tertiary/aromatic N) is 2. The first-order valence-electron chi connectivity index (χ1n) is 9.08. The maximum Gasteiger partial charge on any atom is 0.254 e. The van der Waals surface area contributed by atoms with Crippen LogP contribution >= 0.6 is 0 Å². The number of halogens is 1. The number of amides is 1. The van der Waals surface area contributed by atoms with Gasteiger partial charge in [-0.25, -0.2) is 9.37 Å². The average Bonchev–Trinajstić information content (AvgIpc) is 2.68. The largest absolute Gasteiger partial charge is 0.339 e. The molecule has 132 valence electrons. The molecule has 0 bridgehead atoms. The van der Waals surface area contributed by atoms with Gasteiger partial charge in [-0.05, 0) is 68.7 Å². The third-order valence-electron chi connectivity index (χ3n) is 4.98. The Labute approximate surface area is 152 Å². The first kappa shape index (κ1) is 16.7. The molecule has 0 unspecified atom stereocenters. The van der Waals surface area contributed by atoms with Gasteiger partial charge in [-0.3, -0.25) is 4.79 Å². The Balaban J connectivity index is 1.86. The van der Waals surface area contributed by atoms with Gasteiger partial charge < -0.3 is 4.90 Å². The molecule has 1 amide bonds. The number of piperidine rings is 1. The molecule has 1 aromatic heterocycles. The number of rotatable bonds is 2. The second-order valence-corrected chi connectivity index (χ2v) is 6.94. The van der Waals surface area contributed by atoms with Crippen molar-refractivity contribution in [2.45, 2.75) is 26.2 Å². The van der Waals surface area contributed by atoms with E-state index in [-0.39, 0.29) is 11.7 Å². The summed E-state index contributed by atoms with van der Waals surface area (Å²) in [5.74, 6) is -0.221. The maximum atomic E-state index is 13.3. The van der Waals surface area contributed by atoms with Gasteiger partial charge in [0.25, 0.3) is 5.91 Å². The fraction of sp³-hybridized carbons (Fsp3) is 0.273. The first-order chi connectivity index (χ1) is 12.6. The van der Waals surface area contributed by atoms with Crippen LogP contribution in [0.2, 0.25) is 0 Å². The third-order valence-corrected chi connectivity index (χ3v) is 4.98. The second kappa shape index (κ2) is 6.87. The topological polar surface area (TPSA) is 33.2 Å². The van der Waals surface area contributed by atoms with Crippen LogP contribution in [0.3, 0.4) is 0 Å². The van der Waals surface area contributed by atoms with Crippen LogP contribution in [0.5, 0.6) is 0 Å². The smallest absolute Gasteiger partial charge is 0.254 e. The van der Waals surface area contributed by atoms with Gasteiger partial charge in [0.1, 0.15) is 5.82 Å². The molecule has 2 aromatic carbocycles. The minimum Gasteiger partial charge on any atom is -0.339 e. The van der Waals surface area contributed by atoms with Crippen LogP contribution in [0.1, 0.15) is 35.2 Å². The molecule has 0 spiro atoms. The summed E-state index contributed by atoms with van der Waals surface area (Å²) in [6, 6.07) is 14.1. The zero-order chi connectivity index (χ0) is 18.1. The van der Waals surface area contributed by atoms with Crippen molar-refractivity contribution in [1.29, 1.82) is 0 Å². The molecular weight excluding hydrogens is 327 g/mol. The Morgan fingerprint density at radius 1 is 1.00 bits per heavy atom. The number of carbonyl (C=O) groups is 1. The predicted octanol–water partition coefficient (Wildman–Crippen LogP) is 4.98. The predicted molar refractivity (Wildman–Crippen MR) is 102 cm³/mol. The summed E-state index contributed by atoms with van der Waals surface area (Å²) in [4.78, 5) is 19.9. The van der Waals surface area contributed by atoms with E-state index in [0.717, 1.165) is 48.0 Å². The van der Waals surface area contributed by atoms with E-state index < -0.39 is 0 Å². The van der Waals surface area contributed by atoms with Crippen molar-refractivity contribution in [2.24, 2.45) is 0 Å². The number of benzene rings is 2. The Kier molecular flexibility index (Phi) is 4.41. The number of aryl methyl sites for hydroxylation is 1. The van der Waals surface area contributed by atoms with E-state index in [9.17, 15) is 9.18 Å². The number of likely N-dealkylation sites (tertiary alicyclic amines) is 1. The van der Waals surface area contributed by atoms with E-state index >= 15 is 0 Å². The summed E-state index contributed by atoms with van der Waals surface area (Å²) in [6.07, 6.45) is 3.29. The van der Waals surface area contributed by atoms with Crippen LogP contribution in [-0.4, -0.2) is 28.9 Å². The summed E-state index contributed by atoms with van der Waals surface area (Å²) >= 11 is 0. The van der Waals surface area contributed by atoms with Gasteiger partial charge in [0.05, 0.1) is 16.8 Å². The Morgan fingerprint density at radius 3 is 2.46 bits per heavy atom. The zero-order valence-corrected chi connectivity index (χ0v) is 14.8. The maximum absolute atomic E-state index is 13.3. The molecule has 0 atom stereocenters. The Morgan fingerprint density at radius 2 is 1.73 bits per heavy atom. The van der Waals surface area contributed by atoms with E-state index in [4.69, 9.17) is 4.98 Å². The lowest BCUT2D eigenvalue weighted by Crippen LogP contribution is -2.35. The summed E-state index contributed by atoms with van der Waals surface area (Å²) in [5.41, 5.74) is 4.07. The Bertz CT molecular complexity index is 960. The summed E-state index contributed by atoms with van der Waals surface area (Å²) in [7, 11) is 0. The van der Waals surface area contributed by atoms with Gasteiger partial charge >= 0.3 is 0 Å². The van der Waals surface area contributed by atoms with Gasteiger partial charge in [-0.2, -0.15) is 0 Å². The molecule has 1 aliphatic rings. The highest BCUT2D eigenvalue weighted by atomic mass is 19.1. The standard InChI is InChI=1S/C22H21FN2O/c1-15-5-10-20-18(13-15)19(22(26)25-11-3-2-4-12-25)14-21(24-20)16-6-8-17(23)9-7-16/h5-10,13-14H,2-4,11-12H2,1H3. The molecule has 3 aromatic rings. The molecule has 4 heteroatoms. The first-order valence-corrected chi connectivity index (χ1v) is 9.08. The molecule has 1 aliphatic heterocycles. The minimum absolute atomic E-state index is 0.0612. The van der Waals surface area contributed by atoms with Gasteiger partial charge in [0.15, 0.2) is 0 Å². The zero-order valence-electron chi connectivity index (χ0n) is 14.8. The van der Waals surface area contributed by atoms with Crippen LogP contribution in [0.15, 0.2) is 48.5 Å². The summed E-state index contributed by atoms with van der Waals surface area (Å²) < 4.78 is 13.3. The molecule has 0 radical (unpaired) electrons. The number of fused-ring (bicyclic) bond motifs is 1. The fourth-order valence-electron chi connectivity index (χ4n) is 3.55. The molecule has 3 nitrogen and oxygen atoms in total. The van der Waals surface area contributed by atoms with E-state index in [0.29, 0.717) is 11.3 Å². The average molecular weight is 348 g/mol. The summed E-state index contributed by atoms with van der Waals surface area (Å²) in [5, 5.41) is 0.881. The van der Waals surface area contributed by atoms with E-state index in [1.54, 1.807) is 12.1 Å². The molecule has 0 saturated carbocycles. The van der Waals surface area contributed by atoms with Crippen molar-refractivity contribution in [3.8, 4) is 11.3 Å². The number of aromatic nitrogens is 1.